The highest BCUT2D eigenvalue weighted by Gasteiger charge is 2.04. The van der Waals surface area contributed by atoms with Crippen molar-refractivity contribution in [1.29, 1.82) is 0 Å². The number of hydrogen-bond donors (Lipinski definition) is 1. The first-order valence-electron chi connectivity index (χ1n) is 6.29. The summed E-state index contributed by atoms with van der Waals surface area (Å²) < 4.78 is 5.64. The van der Waals surface area contributed by atoms with Crippen molar-refractivity contribution >= 4 is 11.3 Å². The molecule has 18 heavy (non-hydrogen) atoms. The largest absolute Gasteiger partial charge is 0.494 e. The summed E-state index contributed by atoms with van der Waals surface area (Å²) in [5.41, 5.74) is 7.47. The summed E-state index contributed by atoms with van der Waals surface area (Å²) in [5.74, 6) is 0.919. The first-order valence-corrected chi connectivity index (χ1v) is 7.23. The third-order valence-electron chi connectivity index (χ3n) is 2.88. The lowest BCUT2D eigenvalue weighted by Gasteiger charge is -2.12. The van der Waals surface area contributed by atoms with Crippen LogP contribution in [-0.4, -0.2) is 12.6 Å². The molecular formula is C15H19NOS. The maximum Gasteiger partial charge on any atom is 0.119 e. The number of para-hydroxylation sites is 1. The van der Waals surface area contributed by atoms with Gasteiger partial charge in [-0.15, -0.1) is 0 Å². The van der Waals surface area contributed by atoms with Crippen LogP contribution in [0.4, 0.5) is 0 Å². The molecule has 2 N–H and O–H groups in total. The zero-order valence-corrected chi connectivity index (χ0v) is 11.2. The average molecular weight is 261 g/mol. The number of benzene rings is 1. The molecule has 2 aromatic rings. The molecule has 0 amide bonds. The molecule has 1 heterocycles. The Bertz CT molecular complexity index is 427. The Hall–Kier alpha value is -1.32. The smallest absolute Gasteiger partial charge is 0.119 e. The molecule has 1 aromatic heterocycles. The van der Waals surface area contributed by atoms with Crippen LogP contribution in [0.5, 0.6) is 5.75 Å². The lowest BCUT2D eigenvalue weighted by molar-refractivity contribution is 0.294. The van der Waals surface area contributed by atoms with Crippen LogP contribution < -0.4 is 10.5 Å². The summed E-state index contributed by atoms with van der Waals surface area (Å²) in [6.45, 7) is 0.689. The summed E-state index contributed by atoms with van der Waals surface area (Å²) in [7, 11) is 0. The molecule has 0 spiro atoms. The Kier molecular flexibility index (Phi) is 5.24. The minimum absolute atomic E-state index is 0.216. The van der Waals surface area contributed by atoms with Crippen LogP contribution in [-0.2, 0) is 6.42 Å². The van der Waals surface area contributed by atoms with E-state index in [1.807, 2.05) is 30.3 Å². The minimum Gasteiger partial charge on any atom is -0.494 e. The molecule has 0 aliphatic heterocycles. The van der Waals surface area contributed by atoms with Crippen molar-refractivity contribution in [3.63, 3.8) is 0 Å². The highest BCUT2D eigenvalue weighted by Crippen LogP contribution is 2.12. The molecule has 3 heteroatoms. The molecule has 0 fully saturated rings. The Morgan fingerprint density at radius 1 is 1.11 bits per heavy atom. The van der Waals surface area contributed by atoms with Crippen LogP contribution in [0.2, 0.25) is 0 Å². The van der Waals surface area contributed by atoms with Crippen LogP contribution in [0.25, 0.3) is 0 Å². The van der Waals surface area contributed by atoms with Crippen LogP contribution in [0.1, 0.15) is 18.4 Å². The number of aryl methyl sites for hydroxylation is 1. The van der Waals surface area contributed by atoms with Gasteiger partial charge in [0, 0.05) is 6.04 Å². The molecule has 1 atom stereocenters. The van der Waals surface area contributed by atoms with Crippen molar-refractivity contribution in [2.45, 2.75) is 25.3 Å². The van der Waals surface area contributed by atoms with Crippen LogP contribution in [0, 0.1) is 0 Å². The van der Waals surface area contributed by atoms with Crippen LogP contribution >= 0.6 is 11.3 Å². The maximum absolute atomic E-state index is 6.08. The quantitative estimate of drug-likeness (QED) is 0.828. The predicted octanol–water partition coefficient (Wildman–Crippen LogP) is 3.48. The van der Waals surface area contributed by atoms with Gasteiger partial charge in [0.05, 0.1) is 6.61 Å². The van der Waals surface area contributed by atoms with E-state index in [0.717, 1.165) is 25.0 Å². The molecular weight excluding hydrogens is 242 g/mol. The molecule has 1 unspecified atom stereocenters. The average Bonchev–Trinajstić information content (AvgIpc) is 2.91. The fourth-order valence-electron chi connectivity index (χ4n) is 1.78. The van der Waals surface area contributed by atoms with E-state index in [2.05, 4.69) is 16.8 Å². The van der Waals surface area contributed by atoms with Gasteiger partial charge in [-0.1, -0.05) is 18.2 Å². The number of thiophene rings is 1. The SMILES string of the molecule is NC(CCOc1ccccc1)CCc1ccsc1. The Morgan fingerprint density at radius 2 is 1.94 bits per heavy atom. The first-order chi connectivity index (χ1) is 8.84. The van der Waals surface area contributed by atoms with Crippen molar-refractivity contribution in [3.8, 4) is 5.75 Å². The molecule has 2 rings (SSSR count). The van der Waals surface area contributed by atoms with Crippen LogP contribution in [0.3, 0.4) is 0 Å². The third kappa shape index (κ3) is 4.51. The molecule has 2 nitrogen and oxygen atoms in total. The zero-order chi connectivity index (χ0) is 12.6. The van der Waals surface area contributed by atoms with Crippen molar-refractivity contribution in [2.24, 2.45) is 5.73 Å². The van der Waals surface area contributed by atoms with Gasteiger partial charge in [0.15, 0.2) is 0 Å². The van der Waals surface area contributed by atoms with Gasteiger partial charge >= 0.3 is 0 Å². The number of rotatable bonds is 7. The molecule has 0 radical (unpaired) electrons. The monoisotopic (exact) mass is 261 g/mol. The van der Waals surface area contributed by atoms with E-state index >= 15 is 0 Å². The van der Waals surface area contributed by atoms with E-state index in [4.69, 9.17) is 10.5 Å². The number of hydrogen-bond acceptors (Lipinski definition) is 3. The van der Waals surface area contributed by atoms with Gasteiger partial charge in [-0.2, -0.15) is 11.3 Å². The summed E-state index contributed by atoms with van der Waals surface area (Å²) >= 11 is 1.74. The van der Waals surface area contributed by atoms with Crippen molar-refractivity contribution < 1.29 is 4.74 Å². The second-order valence-electron chi connectivity index (χ2n) is 4.38. The van der Waals surface area contributed by atoms with Crippen molar-refractivity contribution in [3.05, 3.63) is 52.7 Å². The normalized spacial score (nSPS) is 12.3. The molecule has 0 saturated carbocycles. The standard InChI is InChI=1S/C15H19NOS/c16-14(7-6-13-9-11-18-12-13)8-10-17-15-4-2-1-3-5-15/h1-5,9,11-12,14H,6-8,10,16H2. The highest BCUT2D eigenvalue weighted by molar-refractivity contribution is 7.07. The van der Waals surface area contributed by atoms with Crippen LogP contribution in [0.15, 0.2) is 47.2 Å². The molecule has 0 aliphatic carbocycles. The molecule has 0 bridgehead atoms. The van der Waals surface area contributed by atoms with E-state index in [1.165, 1.54) is 5.56 Å². The Labute approximate surface area is 112 Å². The van der Waals surface area contributed by atoms with Crippen molar-refractivity contribution in [1.82, 2.24) is 0 Å². The summed E-state index contributed by atoms with van der Waals surface area (Å²) in [5, 5.41) is 4.30. The number of nitrogens with two attached hydrogens (primary N) is 1. The zero-order valence-electron chi connectivity index (χ0n) is 10.4. The van der Waals surface area contributed by atoms with Gasteiger partial charge in [-0.3, -0.25) is 0 Å². The number of ether oxygens (including phenoxy) is 1. The Morgan fingerprint density at radius 3 is 2.67 bits per heavy atom. The second-order valence-corrected chi connectivity index (χ2v) is 5.16. The second kappa shape index (κ2) is 7.19. The van der Waals surface area contributed by atoms with E-state index in [9.17, 15) is 0 Å². The van der Waals surface area contributed by atoms with E-state index in [-0.39, 0.29) is 6.04 Å². The van der Waals surface area contributed by atoms with Gasteiger partial charge in [0.1, 0.15) is 5.75 Å². The van der Waals surface area contributed by atoms with Gasteiger partial charge in [0.25, 0.3) is 0 Å². The fourth-order valence-corrected chi connectivity index (χ4v) is 2.48. The molecule has 0 aliphatic rings. The maximum atomic E-state index is 6.08. The summed E-state index contributed by atoms with van der Waals surface area (Å²) in [4.78, 5) is 0. The summed E-state index contributed by atoms with van der Waals surface area (Å²) in [6, 6.07) is 12.3. The van der Waals surface area contributed by atoms with Crippen molar-refractivity contribution in [2.75, 3.05) is 6.61 Å². The lowest BCUT2D eigenvalue weighted by Crippen LogP contribution is -2.23. The third-order valence-corrected chi connectivity index (χ3v) is 3.62. The molecule has 1 aromatic carbocycles. The lowest BCUT2D eigenvalue weighted by atomic mass is 10.1. The van der Waals surface area contributed by atoms with E-state index in [0.29, 0.717) is 6.61 Å². The predicted molar refractivity (Wildman–Crippen MR) is 77.2 cm³/mol. The Balaban J connectivity index is 1.61. The highest BCUT2D eigenvalue weighted by atomic mass is 32.1. The van der Waals surface area contributed by atoms with Gasteiger partial charge in [-0.25, -0.2) is 0 Å². The minimum atomic E-state index is 0.216. The molecule has 0 saturated heterocycles. The molecule has 96 valence electrons. The van der Waals surface area contributed by atoms with Gasteiger partial charge in [-0.05, 0) is 53.8 Å². The van der Waals surface area contributed by atoms with Gasteiger partial charge in [0.2, 0.25) is 0 Å². The first kappa shape index (κ1) is 13.1. The topological polar surface area (TPSA) is 35.2 Å². The van der Waals surface area contributed by atoms with E-state index < -0.39 is 0 Å². The fraction of sp³-hybridized carbons (Fsp3) is 0.333. The van der Waals surface area contributed by atoms with E-state index in [1.54, 1.807) is 11.3 Å². The van der Waals surface area contributed by atoms with Gasteiger partial charge < -0.3 is 10.5 Å². The summed E-state index contributed by atoms with van der Waals surface area (Å²) in [6.07, 6.45) is 2.99.